The number of carbonyl (C=O) groups excluding carboxylic acids is 1. The molecule has 0 bridgehead atoms. The molecular weight excluding hydrogens is 304 g/mol. The molecule has 2 heterocycles. The highest BCUT2D eigenvalue weighted by molar-refractivity contribution is 5.76. The molecule has 1 aliphatic heterocycles. The van der Waals surface area contributed by atoms with E-state index < -0.39 is 5.54 Å². The van der Waals surface area contributed by atoms with Crippen molar-refractivity contribution in [3.05, 3.63) is 11.7 Å². The summed E-state index contributed by atoms with van der Waals surface area (Å²) in [5, 5.41) is 10.8. The van der Waals surface area contributed by atoms with Gasteiger partial charge in [0.25, 0.3) is 0 Å². The molecule has 6 nitrogen and oxygen atoms in total. The molecule has 0 aromatic carbocycles. The maximum atomic E-state index is 12.6. The monoisotopic (exact) mass is 334 g/mol. The number of piperidine rings is 1. The zero-order valence-electron chi connectivity index (χ0n) is 14.8. The van der Waals surface area contributed by atoms with Gasteiger partial charge in [-0.25, -0.2) is 0 Å². The normalized spacial score (nSPS) is 22.0. The Morgan fingerprint density at radius 3 is 2.58 bits per heavy atom. The second kappa shape index (κ2) is 8.10. The van der Waals surface area contributed by atoms with Crippen molar-refractivity contribution in [2.24, 2.45) is 5.92 Å². The van der Waals surface area contributed by atoms with Gasteiger partial charge in [-0.2, -0.15) is 4.98 Å². The van der Waals surface area contributed by atoms with Gasteiger partial charge in [-0.05, 0) is 51.1 Å². The fourth-order valence-corrected chi connectivity index (χ4v) is 4.07. The summed E-state index contributed by atoms with van der Waals surface area (Å²) in [7, 11) is 0. The molecule has 0 atom stereocenters. The number of hydrogen-bond acceptors (Lipinski definition) is 5. The van der Waals surface area contributed by atoms with Crippen LogP contribution in [-0.4, -0.2) is 29.1 Å². The first kappa shape index (κ1) is 17.4. The summed E-state index contributed by atoms with van der Waals surface area (Å²) in [6.07, 6.45) is 10.4. The summed E-state index contributed by atoms with van der Waals surface area (Å²) < 4.78 is 5.20. The Balaban J connectivity index is 1.63. The van der Waals surface area contributed by atoms with E-state index >= 15 is 0 Å². The van der Waals surface area contributed by atoms with Crippen molar-refractivity contribution in [1.82, 2.24) is 20.8 Å². The van der Waals surface area contributed by atoms with Crippen LogP contribution in [0.2, 0.25) is 0 Å². The smallest absolute Gasteiger partial charge is 0.223 e. The lowest BCUT2D eigenvalue weighted by molar-refractivity contribution is -0.123. The molecule has 1 aromatic heterocycles. The lowest BCUT2D eigenvalue weighted by Gasteiger charge is -2.31. The lowest BCUT2D eigenvalue weighted by Crippen LogP contribution is -2.46. The highest BCUT2D eigenvalue weighted by atomic mass is 16.5. The molecule has 1 aliphatic carbocycles. The molecule has 134 valence electrons. The van der Waals surface area contributed by atoms with Gasteiger partial charge in [-0.1, -0.05) is 30.8 Å². The van der Waals surface area contributed by atoms with Crippen LogP contribution in [0.25, 0.3) is 0 Å². The number of nitrogens with zero attached hydrogens (tertiary/aromatic N) is 2. The predicted octanol–water partition coefficient (Wildman–Crippen LogP) is 2.82. The standard InChI is InChI=1S/C18H30N4O2/c1-14-20-17(22-24-14)18(10-4-2-3-5-11-18)21-16(23)7-6-15-8-12-19-13-9-15/h15,19H,2-13H2,1H3,(H,21,23). The molecule has 0 spiro atoms. The van der Waals surface area contributed by atoms with Crippen LogP contribution in [0.15, 0.2) is 4.52 Å². The van der Waals surface area contributed by atoms with E-state index in [0.717, 1.165) is 45.2 Å². The summed E-state index contributed by atoms with van der Waals surface area (Å²) in [5.41, 5.74) is -0.431. The van der Waals surface area contributed by atoms with Gasteiger partial charge in [-0.3, -0.25) is 4.79 Å². The Morgan fingerprint density at radius 2 is 1.96 bits per heavy atom. The third-order valence-electron chi connectivity index (χ3n) is 5.53. The number of amides is 1. The quantitative estimate of drug-likeness (QED) is 0.809. The third kappa shape index (κ3) is 4.35. The Kier molecular flexibility index (Phi) is 5.87. The van der Waals surface area contributed by atoms with Gasteiger partial charge in [-0.15, -0.1) is 0 Å². The van der Waals surface area contributed by atoms with E-state index in [9.17, 15) is 4.79 Å². The third-order valence-corrected chi connectivity index (χ3v) is 5.53. The molecule has 2 fully saturated rings. The molecule has 1 saturated carbocycles. The van der Waals surface area contributed by atoms with Crippen molar-refractivity contribution in [3.63, 3.8) is 0 Å². The second-order valence-corrected chi connectivity index (χ2v) is 7.41. The Labute approximate surface area is 144 Å². The van der Waals surface area contributed by atoms with Crippen LogP contribution in [0.5, 0.6) is 0 Å². The van der Waals surface area contributed by atoms with E-state index in [1.165, 1.54) is 25.7 Å². The van der Waals surface area contributed by atoms with Gasteiger partial charge >= 0.3 is 0 Å². The summed E-state index contributed by atoms with van der Waals surface area (Å²) in [6, 6.07) is 0. The number of hydrogen-bond donors (Lipinski definition) is 2. The fourth-order valence-electron chi connectivity index (χ4n) is 4.07. The summed E-state index contributed by atoms with van der Waals surface area (Å²) >= 11 is 0. The van der Waals surface area contributed by atoms with Crippen molar-refractivity contribution in [2.75, 3.05) is 13.1 Å². The van der Waals surface area contributed by atoms with Crippen LogP contribution >= 0.6 is 0 Å². The SMILES string of the molecule is Cc1nc(C2(NC(=O)CCC3CCNCC3)CCCCCC2)no1. The largest absolute Gasteiger partial charge is 0.343 e. The first-order valence-electron chi connectivity index (χ1n) is 9.50. The average molecular weight is 334 g/mol. The first-order valence-corrected chi connectivity index (χ1v) is 9.50. The maximum Gasteiger partial charge on any atom is 0.223 e. The number of aromatic nitrogens is 2. The van der Waals surface area contributed by atoms with Gasteiger partial charge in [0.2, 0.25) is 11.8 Å². The average Bonchev–Trinajstić information content (AvgIpc) is 2.90. The zero-order chi connectivity index (χ0) is 16.8. The maximum absolute atomic E-state index is 12.6. The van der Waals surface area contributed by atoms with Crippen LogP contribution in [-0.2, 0) is 10.3 Å². The van der Waals surface area contributed by atoms with Gasteiger partial charge < -0.3 is 15.2 Å². The number of carbonyl (C=O) groups is 1. The van der Waals surface area contributed by atoms with Crippen molar-refractivity contribution in [2.45, 2.75) is 76.7 Å². The first-order chi connectivity index (χ1) is 11.7. The van der Waals surface area contributed by atoms with Crippen LogP contribution in [0.1, 0.15) is 75.9 Å². The number of rotatable bonds is 5. The molecule has 2 aliphatic rings. The van der Waals surface area contributed by atoms with E-state index in [4.69, 9.17) is 4.52 Å². The lowest BCUT2D eigenvalue weighted by atomic mass is 9.88. The summed E-state index contributed by atoms with van der Waals surface area (Å²) in [6.45, 7) is 3.97. The number of aryl methyl sites for hydroxylation is 1. The van der Waals surface area contributed by atoms with Gasteiger partial charge in [0.05, 0.1) is 0 Å². The minimum atomic E-state index is -0.431. The minimum absolute atomic E-state index is 0.137. The van der Waals surface area contributed by atoms with Crippen molar-refractivity contribution >= 4 is 5.91 Å². The van der Waals surface area contributed by atoms with E-state index in [1.807, 2.05) is 0 Å². The zero-order valence-corrected chi connectivity index (χ0v) is 14.8. The molecule has 0 unspecified atom stereocenters. The van der Waals surface area contributed by atoms with E-state index in [0.29, 0.717) is 24.1 Å². The van der Waals surface area contributed by atoms with Crippen LogP contribution in [0.3, 0.4) is 0 Å². The van der Waals surface area contributed by atoms with Crippen LogP contribution in [0, 0.1) is 12.8 Å². The van der Waals surface area contributed by atoms with Crippen molar-refractivity contribution in [1.29, 1.82) is 0 Å². The van der Waals surface area contributed by atoms with E-state index in [1.54, 1.807) is 6.92 Å². The van der Waals surface area contributed by atoms with Gasteiger partial charge in [0, 0.05) is 13.3 Å². The van der Waals surface area contributed by atoms with Crippen molar-refractivity contribution < 1.29 is 9.32 Å². The molecule has 24 heavy (non-hydrogen) atoms. The Bertz CT molecular complexity index is 529. The van der Waals surface area contributed by atoms with Crippen molar-refractivity contribution in [3.8, 4) is 0 Å². The van der Waals surface area contributed by atoms with Gasteiger partial charge in [0.1, 0.15) is 5.54 Å². The van der Waals surface area contributed by atoms with E-state index in [2.05, 4.69) is 20.8 Å². The molecular formula is C18H30N4O2. The van der Waals surface area contributed by atoms with Crippen LogP contribution in [0.4, 0.5) is 0 Å². The topological polar surface area (TPSA) is 80.0 Å². The Hall–Kier alpha value is -1.43. The highest BCUT2D eigenvalue weighted by Gasteiger charge is 2.38. The molecule has 0 radical (unpaired) electrons. The number of nitrogens with one attached hydrogen (secondary N) is 2. The molecule has 1 saturated heterocycles. The molecule has 1 aromatic rings. The molecule has 2 N–H and O–H groups in total. The minimum Gasteiger partial charge on any atom is -0.343 e. The summed E-state index contributed by atoms with van der Waals surface area (Å²) in [5.74, 6) is 2.04. The Morgan fingerprint density at radius 1 is 1.25 bits per heavy atom. The summed E-state index contributed by atoms with van der Waals surface area (Å²) in [4.78, 5) is 17.1. The van der Waals surface area contributed by atoms with E-state index in [-0.39, 0.29) is 5.91 Å². The molecule has 1 amide bonds. The second-order valence-electron chi connectivity index (χ2n) is 7.41. The predicted molar refractivity (Wildman–Crippen MR) is 91.4 cm³/mol. The molecule has 6 heteroatoms. The van der Waals surface area contributed by atoms with Crippen LogP contribution < -0.4 is 10.6 Å². The molecule has 3 rings (SSSR count). The highest BCUT2D eigenvalue weighted by Crippen LogP contribution is 2.35. The van der Waals surface area contributed by atoms with Gasteiger partial charge in [0.15, 0.2) is 5.82 Å². The fraction of sp³-hybridized carbons (Fsp3) is 0.833.